The molecular weight excluding hydrogens is 272 g/mol. The number of carbonyl (C=O) groups excluding carboxylic acids is 1. The molecule has 3 nitrogen and oxygen atoms in total. The molecule has 1 aromatic rings. The molecule has 2 N–H and O–H groups in total. The summed E-state index contributed by atoms with van der Waals surface area (Å²) in [6.07, 6.45) is 4.39. The minimum atomic E-state index is 0. The number of rotatable bonds is 3. The van der Waals surface area contributed by atoms with Crippen molar-refractivity contribution >= 4 is 24.0 Å². The maximum atomic E-state index is 12.3. The molecule has 1 aromatic carbocycles. The summed E-state index contributed by atoms with van der Waals surface area (Å²) in [5, 5.41) is 6.46. The zero-order valence-corrected chi connectivity index (χ0v) is 12.8. The molecular formula is C16H23ClN2O. The van der Waals surface area contributed by atoms with Gasteiger partial charge in [0.05, 0.1) is 0 Å². The Hall–Kier alpha value is -1.06. The molecule has 2 aliphatic rings. The van der Waals surface area contributed by atoms with E-state index in [-0.39, 0.29) is 24.2 Å². The molecule has 3 rings (SSSR count). The van der Waals surface area contributed by atoms with Crippen LogP contribution in [0.1, 0.15) is 31.7 Å². The van der Waals surface area contributed by atoms with Gasteiger partial charge in [-0.1, -0.05) is 19.1 Å². The molecule has 2 fully saturated rings. The van der Waals surface area contributed by atoms with E-state index < -0.39 is 0 Å². The van der Waals surface area contributed by atoms with Crippen molar-refractivity contribution in [3.8, 4) is 0 Å². The zero-order valence-electron chi connectivity index (χ0n) is 11.9. The zero-order chi connectivity index (χ0) is 13.3. The van der Waals surface area contributed by atoms with Gasteiger partial charge < -0.3 is 10.6 Å². The van der Waals surface area contributed by atoms with Gasteiger partial charge in [-0.3, -0.25) is 4.79 Å². The predicted octanol–water partition coefficient (Wildman–Crippen LogP) is 3.00. The summed E-state index contributed by atoms with van der Waals surface area (Å²) in [4.78, 5) is 12.3. The van der Waals surface area contributed by atoms with Gasteiger partial charge in [-0.05, 0) is 61.9 Å². The first-order valence-electron chi connectivity index (χ1n) is 7.34. The van der Waals surface area contributed by atoms with Gasteiger partial charge >= 0.3 is 0 Å². The van der Waals surface area contributed by atoms with Crippen molar-refractivity contribution in [1.82, 2.24) is 5.32 Å². The molecule has 110 valence electrons. The summed E-state index contributed by atoms with van der Waals surface area (Å²) in [6, 6.07) is 8.17. The molecule has 1 saturated carbocycles. The first-order valence-corrected chi connectivity index (χ1v) is 7.34. The third kappa shape index (κ3) is 2.99. The Kier molecular flexibility index (Phi) is 4.71. The number of nitrogens with one attached hydrogen (secondary N) is 2. The fourth-order valence-corrected chi connectivity index (χ4v) is 3.29. The van der Waals surface area contributed by atoms with Crippen molar-refractivity contribution in [3.63, 3.8) is 0 Å². The van der Waals surface area contributed by atoms with Crippen molar-refractivity contribution in [1.29, 1.82) is 0 Å². The Morgan fingerprint density at radius 1 is 1.40 bits per heavy atom. The average molecular weight is 295 g/mol. The van der Waals surface area contributed by atoms with E-state index in [0.29, 0.717) is 5.41 Å². The highest BCUT2D eigenvalue weighted by Crippen LogP contribution is 2.58. The fourth-order valence-electron chi connectivity index (χ4n) is 3.29. The molecule has 1 heterocycles. The van der Waals surface area contributed by atoms with Gasteiger partial charge in [0, 0.05) is 11.6 Å². The fraction of sp³-hybridized carbons (Fsp3) is 0.562. The van der Waals surface area contributed by atoms with Crippen LogP contribution in [0.3, 0.4) is 0 Å². The SMILES string of the molecule is CCc1cccc(NC(=O)C2CC23CCNCC3)c1.Cl. The molecule has 1 aliphatic heterocycles. The summed E-state index contributed by atoms with van der Waals surface area (Å²) >= 11 is 0. The normalized spacial score (nSPS) is 22.9. The molecule has 1 saturated heterocycles. The lowest BCUT2D eigenvalue weighted by atomic mass is 9.92. The molecule has 1 amide bonds. The van der Waals surface area contributed by atoms with Crippen LogP contribution in [0, 0.1) is 11.3 Å². The van der Waals surface area contributed by atoms with E-state index in [0.717, 1.165) is 44.5 Å². The Morgan fingerprint density at radius 3 is 2.85 bits per heavy atom. The van der Waals surface area contributed by atoms with Gasteiger partial charge in [0.2, 0.25) is 5.91 Å². The van der Waals surface area contributed by atoms with Crippen LogP contribution in [0.15, 0.2) is 24.3 Å². The summed E-state index contributed by atoms with van der Waals surface area (Å²) in [6.45, 7) is 4.26. The van der Waals surface area contributed by atoms with Crippen molar-refractivity contribution in [2.75, 3.05) is 18.4 Å². The van der Waals surface area contributed by atoms with Crippen LogP contribution in [0.25, 0.3) is 0 Å². The van der Waals surface area contributed by atoms with Crippen LogP contribution < -0.4 is 10.6 Å². The molecule has 0 radical (unpaired) electrons. The number of amides is 1. The number of benzene rings is 1. The van der Waals surface area contributed by atoms with E-state index in [4.69, 9.17) is 0 Å². The third-order valence-corrected chi connectivity index (χ3v) is 4.71. The number of hydrogen-bond donors (Lipinski definition) is 2. The molecule has 4 heteroatoms. The highest BCUT2D eigenvalue weighted by Gasteiger charge is 2.57. The first kappa shape index (κ1) is 15.3. The summed E-state index contributed by atoms with van der Waals surface area (Å²) in [7, 11) is 0. The minimum Gasteiger partial charge on any atom is -0.326 e. The van der Waals surface area contributed by atoms with Gasteiger partial charge in [-0.25, -0.2) is 0 Å². The minimum absolute atomic E-state index is 0. The molecule has 0 bridgehead atoms. The van der Waals surface area contributed by atoms with Gasteiger partial charge in [0.15, 0.2) is 0 Å². The maximum absolute atomic E-state index is 12.3. The second-order valence-electron chi connectivity index (χ2n) is 5.91. The highest BCUT2D eigenvalue weighted by atomic mass is 35.5. The number of halogens is 1. The van der Waals surface area contributed by atoms with Gasteiger partial charge in [-0.2, -0.15) is 0 Å². The van der Waals surface area contributed by atoms with E-state index >= 15 is 0 Å². The highest BCUT2D eigenvalue weighted by molar-refractivity contribution is 5.95. The summed E-state index contributed by atoms with van der Waals surface area (Å²) in [5.74, 6) is 0.454. The summed E-state index contributed by atoms with van der Waals surface area (Å²) < 4.78 is 0. The second-order valence-corrected chi connectivity index (χ2v) is 5.91. The quantitative estimate of drug-likeness (QED) is 0.900. The molecule has 1 atom stereocenters. The number of hydrogen-bond acceptors (Lipinski definition) is 2. The standard InChI is InChI=1S/C16H22N2O.ClH/c1-2-12-4-3-5-13(10-12)18-15(19)14-11-16(14)6-8-17-9-7-16;/h3-5,10,14,17H,2,6-9,11H2,1H3,(H,18,19);1H. The lowest BCUT2D eigenvalue weighted by Crippen LogP contribution is -2.31. The van der Waals surface area contributed by atoms with Crippen LogP contribution in [0.2, 0.25) is 0 Å². The number of carbonyl (C=O) groups is 1. The van der Waals surface area contributed by atoms with Crippen LogP contribution in [0.5, 0.6) is 0 Å². The van der Waals surface area contributed by atoms with Crippen molar-refractivity contribution in [2.24, 2.45) is 11.3 Å². The van der Waals surface area contributed by atoms with Crippen LogP contribution in [0.4, 0.5) is 5.69 Å². The van der Waals surface area contributed by atoms with Crippen molar-refractivity contribution < 1.29 is 4.79 Å². The molecule has 1 aliphatic carbocycles. The van der Waals surface area contributed by atoms with Crippen molar-refractivity contribution in [3.05, 3.63) is 29.8 Å². The van der Waals surface area contributed by atoms with E-state index in [1.807, 2.05) is 12.1 Å². The Labute approximate surface area is 126 Å². The number of piperidine rings is 1. The monoisotopic (exact) mass is 294 g/mol. The lowest BCUT2D eigenvalue weighted by molar-refractivity contribution is -0.118. The van der Waals surface area contributed by atoms with Gasteiger partial charge in [0.1, 0.15) is 0 Å². The first-order chi connectivity index (χ1) is 9.23. The molecule has 20 heavy (non-hydrogen) atoms. The van der Waals surface area contributed by atoms with Crippen LogP contribution in [-0.4, -0.2) is 19.0 Å². The second kappa shape index (κ2) is 6.15. The van der Waals surface area contributed by atoms with E-state index in [9.17, 15) is 4.79 Å². The number of aryl methyl sites for hydroxylation is 1. The van der Waals surface area contributed by atoms with Crippen molar-refractivity contribution in [2.45, 2.75) is 32.6 Å². The Morgan fingerprint density at radius 2 is 2.15 bits per heavy atom. The lowest BCUT2D eigenvalue weighted by Gasteiger charge is -2.23. The smallest absolute Gasteiger partial charge is 0.228 e. The predicted molar refractivity (Wildman–Crippen MR) is 84.3 cm³/mol. The average Bonchev–Trinajstić information content (AvgIpc) is 3.13. The maximum Gasteiger partial charge on any atom is 0.228 e. The Balaban J connectivity index is 0.00000147. The van der Waals surface area contributed by atoms with E-state index in [1.54, 1.807) is 0 Å². The van der Waals surface area contributed by atoms with E-state index in [1.165, 1.54) is 5.56 Å². The molecule has 0 aromatic heterocycles. The van der Waals surface area contributed by atoms with Crippen LogP contribution in [-0.2, 0) is 11.2 Å². The third-order valence-electron chi connectivity index (χ3n) is 4.71. The molecule has 1 unspecified atom stereocenters. The molecule has 1 spiro atoms. The van der Waals surface area contributed by atoms with Gasteiger partial charge in [-0.15, -0.1) is 12.4 Å². The van der Waals surface area contributed by atoms with E-state index in [2.05, 4.69) is 29.7 Å². The largest absolute Gasteiger partial charge is 0.326 e. The Bertz CT molecular complexity index is 483. The van der Waals surface area contributed by atoms with Gasteiger partial charge in [0.25, 0.3) is 0 Å². The summed E-state index contributed by atoms with van der Waals surface area (Å²) in [5.41, 5.74) is 2.53. The number of anilines is 1. The topological polar surface area (TPSA) is 41.1 Å². The van der Waals surface area contributed by atoms with Crippen LogP contribution >= 0.6 is 12.4 Å².